The van der Waals surface area contributed by atoms with E-state index in [4.69, 9.17) is 19.6 Å². The quantitative estimate of drug-likeness (QED) is 0.453. The minimum atomic E-state index is -4.81. The first kappa shape index (κ1) is 13.3. The van der Waals surface area contributed by atoms with Crippen LogP contribution in [-0.4, -0.2) is 25.0 Å². The fourth-order valence-electron chi connectivity index (χ4n) is 0.984. The molecule has 10 heteroatoms. The largest absolute Gasteiger partial charge is 0.629 e. The van der Waals surface area contributed by atoms with Crippen molar-refractivity contribution in [3.63, 3.8) is 0 Å². The molecule has 5 N–H and O–H groups in total. The summed E-state index contributed by atoms with van der Waals surface area (Å²) in [6.07, 6.45) is 1.16. The molecule has 0 amide bonds. The summed E-state index contributed by atoms with van der Waals surface area (Å²) in [7, 11) is -9.63. The van der Waals surface area contributed by atoms with Gasteiger partial charge in [0, 0.05) is 0 Å². The third kappa shape index (κ3) is 3.96. The van der Waals surface area contributed by atoms with Crippen LogP contribution in [0.4, 0.5) is 0 Å². The van der Waals surface area contributed by atoms with Gasteiger partial charge < -0.3 is 9.79 Å². The van der Waals surface area contributed by atoms with Gasteiger partial charge in [0.15, 0.2) is 6.20 Å². The molecule has 0 aromatic carbocycles. The van der Waals surface area contributed by atoms with Crippen LogP contribution in [0.15, 0.2) is 11.6 Å². The zero-order valence-electron chi connectivity index (χ0n) is 7.35. The Hall–Kier alpha value is 0.250. The lowest BCUT2D eigenvalue weighted by Crippen LogP contribution is -2.33. The highest BCUT2D eigenvalue weighted by molar-refractivity contribution is 7.76. The van der Waals surface area contributed by atoms with Crippen molar-refractivity contribution < 1.29 is 34.3 Å². The second kappa shape index (κ2) is 4.63. The molecular formula is C5H10NO6P2S+. The van der Waals surface area contributed by atoms with Crippen LogP contribution in [0.1, 0.15) is 5.01 Å². The molecule has 0 saturated carbocycles. The number of hydrogen-bond acceptors (Lipinski definition) is 7. The Morgan fingerprint density at radius 3 is 2.13 bits per heavy atom. The van der Waals surface area contributed by atoms with E-state index >= 15 is 0 Å². The molecule has 1 heterocycles. The lowest BCUT2D eigenvalue weighted by atomic mass is 10.5. The summed E-state index contributed by atoms with van der Waals surface area (Å²) < 4.78 is 0. The number of thiazole rings is 1. The van der Waals surface area contributed by atoms with E-state index < -0.39 is 21.3 Å². The zero-order valence-corrected chi connectivity index (χ0v) is 9.95. The van der Waals surface area contributed by atoms with Gasteiger partial charge in [-0.1, -0.05) is 11.3 Å². The maximum absolute atomic E-state index is 10.9. The number of rotatable bonds is 4. The average Bonchev–Trinajstić information content (AvgIpc) is 2.46. The van der Waals surface area contributed by atoms with Crippen LogP contribution in [0, 0.1) is 0 Å². The molecule has 1 aromatic rings. The topological polar surface area (TPSA) is 141 Å². The van der Waals surface area contributed by atoms with E-state index in [2.05, 4.69) is 4.98 Å². The molecule has 1 aromatic heterocycles. The highest BCUT2D eigenvalue weighted by atomic mass is 32.1. The van der Waals surface area contributed by atoms with E-state index in [0.717, 1.165) is 11.3 Å². The third-order valence-corrected chi connectivity index (χ3v) is 6.23. The molecule has 0 fully saturated rings. The SMILES string of the molecule is [O-][P+](O)(O)C(Cc1[nH+]ccs1)[P+]([O-])(O)O. The minimum absolute atomic E-state index is 0.369. The third-order valence-electron chi connectivity index (χ3n) is 1.67. The van der Waals surface area contributed by atoms with Crippen LogP contribution in [0.2, 0.25) is 0 Å². The predicted molar refractivity (Wildman–Crippen MR) is 51.1 cm³/mol. The molecule has 0 unspecified atom stereocenters. The van der Waals surface area contributed by atoms with Crippen LogP contribution in [0.3, 0.4) is 0 Å². The van der Waals surface area contributed by atoms with Gasteiger partial charge in [0.05, 0.1) is 5.38 Å². The molecule has 86 valence electrons. The monoisotopic (exact) mass is 274 g/mol. The molecule has 0 bridgehead atoms. The fraction of sp³-hybridized carbons (Fsp3) is 0.400. The highest BCUT2D eigenvalue weighted by Gasteiger charge is 2.52. The number of hydrogen-bond donors (Lipinski definition) is 4. The number of aromatic amines is 1. The van der Waals surface area contributed by atoms with E-state index in [0.29, 0.717) is 5.01 Å². The van der Waals surface area contributed by atoms with Gasteiger partial charge in [0.1, 0.15) is 6.42 Å². The van der Waals surface area contributed by atoms with Crippen LogP contribution >= 0.6 is 27.2 Å². The molecule has 0 aliphatic heterocycles. The molecule has 0 saturated heterocycles. The number of H-pyrrole nitrogens is 1. The summed E-state index contributed by atoms with van der Waals surface area (Å²) in [5, 5.41) is 0.0534. The second-order valence-electron chi connectivity index (χ2n) is 2.85. The van der Waals surface area contributed by atoms with E-state index in [1.165, 1.54) is 6.20 Å². The van der Waals surface area contributed by atoms with Gasteiger partial charge in [-0.2, -0.15) is 0 Å². The Balaban J connectivity index is 2.84. The van der Waals surface area contributed by atoms with Crippen molar-refractivity contribution in [3.8, 4) is 0 Å². The lowest BCUT2D eigenvalue weighted by molar-refractivity contribution is -0.382. The van der Waals surface area contributed by atoms with Crippen molar-refractivity contribution in [1.82, 2.24) is 0 Å². The molecule has 0 aliphatic carbocycles. The first-order valence-electron chi connectivity index (χ1n) is 3.76. The molecule has 7 nitrogen and oxygen atoms in total. The molecule has 0 aliphatic rings. The smallest absolute Gasteiger partial charge is 0.276 e. The van der Waals surface area contributed by atoms with E-state index in [-0.39, 0.29) is 6.42 Å². The Morgan fingerprint density at radius 1 is 1.27 bits per heavy atom. The average molecular weight is 274 g/mol. The second-order valence-corrected chi connectivity index (χ2v) is 7.86. The Bertz CT molecular complexity index is 292. The maximum atomic E-state index is 10.9. The summed E-state index contributed by atoms with van der Waals surface area (Å²) in [6.45, 7) is 0. The molecule has 0 spiro atoms. The van der Waals surface area contributed by atoms with E-state index in [9.17, 15) is 9.79 Å². The lowest BCUT2D eigenvalue weighted by Gasteiger charge is -2.28. The van der Waals surface area contributed by atoms with Crippen LogP contribution in [0.25, 0.3) is 0 Å². The van der Waals surface area contributed by atoms with Gasteiger partial charge in [-0.3, -0.25) is 0 Å². The Labute approximate surface area is 90.5 Å². The van der Waals surface area contributed by atoms with Gasteiger partial charge in [-0.25, -0.2) is 24.6 Å². The zero-order chi connectivity index (χ0) is 11.7. The minimum Gasteiger partial charge on any atom is -0.629 e. The molecular weight excluding hydrogens is 264 g/mol. The molecule has 1 rings (SSSR count). The highest BCUT2D eigenvalue weighted by Crippen LogP contribution is 2.65. The fourth-order valence-corrected chi connectivity index (χ4v) is 4.34. The maximum Gasteiger partial charge on any atom is 0.276 e. The molecule has 0 atom stereocenters. The first-order chi connectivity index (χ1) is 6.71. The standard InChI is InChI=1S/C5H9NO6P2S/c7-13(8,9)5(14(10,11)12)3-4-6-1-2-15-4/h1-2,5H,3H2,(H2,7,8,9)(H2,10,11,12)/p+1. The van der Waals surface area contributed by atoms with Crippen molar-refractivity contribution >= 4 is 27.2 Å². The van der Waals surface area contributed by atoms with E-state index in [1.54, 1.807) is 5.38 Å². The molecule has 15 heavy (non-hydrogen) atoms. The normalized spacial score (nSPS) is 13.5. The van der Waals surface area contributed by atoms with Crippen molar-refractivity contribution in [3.05, 3.63) is 16.6 Å². The van der Waals surface area contributed by atoms with Crippen molar-refractivity contribution in [2.24, 2.45) is 0 Å². The van der Waals surface area contributed by atoms with E-state index in [1.807, 2.05) is 0 Å². The Kier molecular flexibility index (Phi) is 4.11. The summed E-state index contributed by atoms with van der Waals surface area (Å²) >= 11 is 1.14. The van der Waals surface area contributed by atoms with Gasteiger partial charge in [-0.05, 0) is 0 Å². The summed E-state index contributed by atoms with van der Waals surface area (Å²) in [5.74, 6) is 0. The van der Waals surface area contributed by atoms with Crippen molar-refractivity contribution in [1.29, 1.82) is 0 Å². The van der Waals surface area contributed by atoms with Gasteiger partial charge in [0.2, 0.25) is 5.01 Å². The number of aromatic nitrogens is 1. The van der Waals surface area contributed by atoms with Gasteiger partial charge in [0.25, 0.3) is 21.3 Å². The summed E-state index contributed by atoms with van der Waals surface area (Å²) in [4.78, 5) is 59.7. The predicted octanol–water partition coefficient (Wildman–Crippen LogP) is -2.35. The van der Waals surface area contributed by atoms with Crippen LogP contribution in [-0.2, 0) is 6.42 Å². The van der Waals surface area contributed by atoms with Gasteiger partial charge in [-0.15, -0.1) is 0 Å². The molecule has 0 radical (unpaired) electrons. The van der Waals surface area contributed by atoms with Crippen LogP contribution in [0.5, 0.6) is 0 Å². The van der Waals surface area contributed by atoms with Gasteiger partial charge >= 0.3 is 0 Å². The van der Waals surface area contributed by atoms with Crippen molar-refractivity contribution in [2.45, 2.75) is 11.8 Å². The van der Waals surface area contributed by atoms with Crippen LogP contribution < -0.4 is 14.8 Å². The Morgan fingerprint density at radius 2 is 1.80 bits per heavy atom. The number of nitrogens with one attached hydrogen (secondary N) is 1. The summed E-state index contributed by atoms with van der Waals surface area (Å²) in [6, 6.07) is 0. The van der Waals surface area contributed by atoms with Crippen molar-refractivity contribution in [2.75, 3.05) is 0 Å². The summed E-state index contributed by atoms with van der Waals surface area (Å²) in [5.41, 5.74) is 0. The first-order valence-corrected chi connectivity index (χ1v) is 8.00.